The van der Waals surface area contributed by atoms with Crippen molar-refractivity contribution in [2.45, 2.75) is 63.5 Å². The molecule has 1 aromatic carbocycles. The summed E-state index contributed by atoms with van der Waals surface area (Å²) >= 11 is 0. The lowest BCUT2D eigenvalue weighted by Gasteiger charge is -2.25. The van der Waals surface area contributed by atoms with Crippen molar-refractivity contribution in [1.82, 2.24) is 0 Å². The molecule has 0 saturated heterocycles. The molecule has 4 atom stereocenters. The summed E-state index contributed by atoms with van der Waals surface area (Å²) in [4.78, 5) is 13.3. The van der Waals surface area contributed by atoms with Gasteiger partial charge in [0.15, 0.2) is 0 Å². The van der Waals surface area contributed by atoms with Gasteiger partial charge >= 0.3 is 5.97 Å². The normalized spacial score (nSPS) is 24.4. The van der Waals surface area contributed by atoms with Crippen LogP contribution in [0.4, 0.5) is 0 Å². The average Bonchev–Trinajstić information content (AvgIpc) is 3.06. The van der Waals surface area contributed by atoms with Gasteiger partial charge in [-0.05, 0) is 43.4 Å². The van der Waals surface area contributed by atoms with Crippen LogP contribution in [0.3, 0.4) is 0 Å². The van der Waals surface area contributed by atoms with Crippen molar-refractivity contribution in [1.29, 1.82) is 0 Å². The number of hydrogen-bond acceptors (Lipinski definition) is 3. The summed E-state index contributed by atoms with van der Waals surface area (Å²) in [6, 6.07) is 8.92. The van der Waals surface area contributed by atoms with Crippen molar-refractivity contribution < 1.29 is 13.7 Å². The van der Waals surface area contributed by atoms with Crippen LogP contribution >= 0.6 is 0 Å². The minimum absolute atomic E-state index is 0.0128. The lowest BCUT2D eigenvalue weighted by atomic mass is 10.1. The van der Waals surface area contributed by atoms with Crippen LogP contribution in [0.15, 0.2) is 29.2 Å². The maximum atomic E-state index is 13.4. The Morgan fingerprint density at radius 1 is 1.24 bits per heavy atom. The van der Waals surface area contributed by atoms with E-state index in [0.717, 1.165) is 10.9 Å². The number of benzene rings is 1. The predicted octanol–water partition coefficient (Wildman–Crippen LogP) is 4.64. The first-order valence-electron chi connectivity index (χ1n) is 9.13. The topological polar surface area (TPSA) is 43.4 Å². The van der Waals surface area contributed by atoms with Crippen LogP contribution in [-0.2, 0) is 20.3 Å². The monoisotopic (exact) mass is 380 g/mol. The Kier molecular flexibility index (Phi) is 5.99. The van der Waals surface area contributed by atoms with Crippen molar-refractivity contribution in [3.05, 3.63) is 29.8 Å². The maximum Gasteiger partial charge on any atom is 0.309 e. The van der Waals surface area contributed by atoms with Gasteiger partial charge in [-0.15, -0.1) is 0 Å². The molecule has 4 unspecified atom stereocenters. The van der Waals surface area contributed by atoms with Crippen LogP contribution in [0, 0.1) is 24.2 Å². The zero-order chi connectivity index (χ0) is 19.0. The van der Waals surface area contributed by atoms with Gasteiger partial charge in [-0.1, -0.05) is 51.2 Å². The highest BCUT2D eigenvalue weighted by molar-refractivity contribution is 7.85. The molecule has 0 amide bonds. The van der Waals surface area contributed by atoms with Gasteiger partial charge in [-0.25, -0.2) is 0 Å². The first kappa shape index (κ1) is 20.4. The minimum Gasteiger partial charge on any atom is -0.466 e. The zero-order valence-corrected chi connectivity index (χ0v) is 18.4. The maximum absolute atomic E-state index is 13.4. The van der Waals surface area contributed by atoms with Gasteiger partial charge in [0, 0.05) is 18.2 Å². The highest BCUT2D eigenvalue weighted by Gasteiger charge is 2.66. The van der Waals surface area contributed by atoms with Crippen LogP contribution < -0.4 is 0 Å². The Bertz CT molecular complexity index is 646. The Labute approximate surface area is 156 Å². The second-order valence-corrected chi connectivity index (χ2v) is 16.2. The lowest BCUT2D eigenvalue weighted by molar-refractivity contribution is -0.145. The van der Waals surface area contributed by atoms with Gasteiger partial charge in [-0.2, -0.15) is 0 Å². The molecule has 1 saturated carbocycles. The van der Waals surface area contributed by atoms with Crippen molar-refractivity contribution in [2.24, 2.45) is 17.3 Å². The molecule has 0 aliphatic heterocycles. The minimum atomic E-state index is -1.44. The highest BCUT2D eigenvalue weighted by atomic mass is 32.2. The number of carbonyl (C=O) groups is 1. The summed E-state index contributed by atoms with van der Waals surface area (Å²) in [5.41, 5.74) is 1.02. The first-order valence-corrected chi connectivity index (χ1v) is 14.0. The summed E-state index contributed by atoms with van der Waals surface area (Å²) in [7, 11) is -2.54. The molecule has 0 aromatic heterocycles. The smallest absolute Gasteiger partial charge is 0.309 e. The van der Waals surface area contributed by atoms with Gasteiger partial charge in [0.05, 0.1) is 23.3 Å². The molecule has 0 spiro atoms. The molecule has 0 heterocycles. The first-order chi connectivity index (χ1) is 11.5. The van der Waals surface area contributed by atoms with E-state index in [1.165, 1.54) is 5.56 Å². The molecule has 0 radical (unpaired) electrons. The van der Waals surface area contributed by atoms with E-state index in [4.69, 9.17) is 4.74 Å². The number of rotatable bonds is 7. The van der Waals surface area contributed by atoms with E-state index >= 15 is 0 Å². The molecule has 1 fully saturated rings. The molecular weight excluding hydrogens is 348 g/mol. The molecule has 140 valence electrons. The van der Waals surface area contributed by atoms with Crippen LogP contribution in [0.1, 0.15) is 26.3 Å². The summed E-state index contributed by atoms with van der Waals surface area (Å²) in [5, 5.41) is 0.0128. The fraction of sp³-hybridized carbons (Fsp3) is 0.650. The average molecular weight is 381 g/mol. The zero-order valence-electron chi connectivity index (χ0n) is 16.6. The molecule has 1 aromatic rings. The molecule has 1 aliphatic rings. The van der Waals surface area contributed by atoms with Crippen molar-refractivity contribution in [2.75, 3.05) is 6.61 Å². The largest absolute Gasteiger partial charge is 0.466 e. The van der Waals surface area contributed by atoms with E-state index in [2.05, 4.69) is 33.5 Å². The molecule has 1 aliphatic carbocycles. The number of hydrogen-bond donors (Lipinski definition) is 0. The molecule has 3 nitrogen and oxygen atoms in total. The third-order valence-electron chi connectivity index (χ3n) is 5.19. The van der Waals surface area contributed by atoms with E-state index in [0.29, 0.717) is 6.61 Å². The van der Waals surface area contributed by atoms with Crippen LogP contribution in [0.2, 0.25) is 25.7 Å². The Hall–Kier alpha value is -0.943. The summed E-state index contributed by atoms with van der Waals surface area (Å²) in [5.74, 6) is -0.136. The third kappa shape index (κ3) is 4.62. The Morgan fingerprint density at radius 3 is 2.28 bits per heavy atom. The van der Waals surface area contributed by atoms with Gasteiger partial charge in [-0.3, -0.25) is 9.00 Å². The number of esters is 1. The van der Waals surface area contributed by atoms with Gasteiger partial charge < -0.3 is 4.74 Å². The third-order valence-corrected chi connectivity index (χ3v) is 8.90. The van der Waals surface area contributed by atoms with E-state index in [1.807, 2.05) is 38.1 Å². The fourth-order valence-corrected chi connectivity index (χ4v) is 8.93. The highest BCUT2D eigenvalue weighted by Crippen LogP contribution is 2.62. The van der Waals surface area contributed by atoms with Crippen LogP contribution in [0.25, 0.3) is 0 Å². The number of carbonyl (C=O) groups excluding carboxylic acids is 1. The fourth-order valence-electron chi connectivity index (χ4n) is 3.84. The summed E-state index contributed by atoms with van der Waals surface area (Å²) < 4.78 is 18.7. The van der Waals surface area contributed by atoms with E-state index < -0.39 is 18.9 Å². The van der Waals surface area contributed by atoms with Crippen molar-refractivity contribution >= 4 is 24.8 Å². The Balaban J connectivity index is 2.32. The Morgan fingerprint density at radius 2 is 1.80 bits per heavy atom. The SMILES string of the molecule is CCOC(=O)C1C(C(C[Si](C)(C)C)S(=O)c2ccc(C)cc2)C1(C)C. The second kappa shape index (κ2) is 7.35. The van der Waals surface area contributed by atoms with Crippen molar-refractivity contribution in [3.8, 4) is 0 Å². The summed E-state index contributed by atoms with van der Waals surface area (Å²) in [6.45, 7) is 15.4. The molecule has 2 rings (SSSR count). The quantitative estimate of drug-likeness (QED) is 0.511. The summed E-state index contributed by atoms with van der Waals surface area (Å²) in [6.07, 6.45) is 0. The standard InChI is InChI=1S/C20H32O3SSi/c1-8-23-19(21)18-17(20(18,3)4)16(13-25(5,6)7)24(22)15-11-9-14(2)10-12-15/h9-12,16-18H,8,13H2,1-7H3. The van der Waals surface area contributed by atoms with Crippen LogP contribution in [-0.4, -0.2) is 30.1 Å². The number of ether oxygens (including phenoxy) is 1. The second-order valence-electron chi connectivity index (χ2n) is 8.99. The van der Waals surface area contributed by atoms with E-state index in [-0.39, 0.29) is 28.5 Å². The van der Waals surface area contributed by atoms with Crippen LogP contribution in [0.5, 0.6) is 0 Å². The predicted molar refractivity (Wildman–Crippen MR) is 107 cm³/mol. The van der Waals surface area contributed by atoms with Gasteiger partial charge in [0.25, 0.3) is 0 Å². The molecule has 0 N–H and O–H groups in total. The van der Waals surface area contributed by atoms with Gasteiger partial charge in [0.2, 0.25) is 0 Å². The van der Waals surface area contributed by atoms with E-state index in [9.17, 15) is 9.00 Å². The molecule has 25 heavy (non-hydrogen) atoms. The van der Waals surface area contributed by atoms with Gasteiger partial charge in [0.1, 0.15) is 0 Å². The number of aryl methyl sites for hydroxylation is 1. The van der Waals surface area contributed by atoms with Crippen molar-refractivity contribution in [3.63, 3.8) is 0 Å². The lowest BCUT2D eigenvalue weighted by Crippen LogP contribution is -2.32. The molecule has 0 bridgehead atoms. The molecular formula is C20H32O3SSi. The van der Waals surface area contributed by atoms with E-state index in [1.54, 1.807) is 0 Å². The molecule has 5 heteroatoms.